The number of benzene rings is 1. The topological polar surface area (TPSA) is 136 Å². The van der Waals surface area contributed by atoms with Crippen molar-refractivity contribution in [3.05, 3.63) is 41.1 Å². The van der Waals surface area contributed by atoms with Crippen LogP contribution < -0.4 is 9.47 Å². The molecule has 1 aromatic heterocycles. The maximum absolute atomic E-state index is 10.5. The summed E-state index contributed by atoms with van der Waals surface area (Å²) >= 11 is 0. The van der Waals surface area contributed by atoms with Gasteiger partial charge in [0.15, 0.2) is 0 Å². The van der Waals surface area contributed by atoms with Crippen molar-refractivity contribution in [2.45, 2.75) is 81.9 Å². The molecule has 0 spiro atoms. The van der Waals surface area contributed by atoms with Gasteiger partial charge in [0.25, 0.3) is 0 Å². The second kappa shape index (κ2) is 10.4. The SMILES string of the molecule is Cc1c(Cc2ccc(OC3CCC3)cc2)c(O[C@@H]2O[C@H](CO)[C@@H](O)[C@H](O)[C@H]2O)nn1C1CCOC1. The van der Waals surface area contributed by atoms with Crippen molar-refractivity contribution in [1.29, 1.82) is 0 Å². The molecular formula is C25H34N2O8. The monoisotopic (exact) mass is 490 g/mol. The quantitative estimate of drug-likeness (QED) is 0.425. The molecule has 1 aromatic carbocycles. The van der Waals surface area contributed by atoms with Crippen molar-refractivity contribution in [2.75, 3.05) is 19.8 Å². The number of hydrogen-bond acceptors (Lipinski definition) is 9. The molecule has 0 radical (unpaired) electrons. The van der Waals surface area contributed by atoms with Crippen LogP contribution in [0.3, 0.4) is 0 Å². The number of aliphatic hydroxyl groups is 4. The fourth-order valence-corrected chi connectivity index (χ4v) is 4.74. The van der Waals surface area contributed by atoms with Gasteiger partial charge in [-0.15, -0.1) is 5.10 Å². The van der Waals surface area contributed by atoms with E-state index in [4.69, 9.17) is 18.9 Å². The molecule has 2 saturated heterocycles. The number of hydrogen-bond donors (Lipinski definition) is 4. The molecule has 3 fully saturated rings. The van der Waals surface area contributed by atoms with Gasteiger partial charge >= 0.3 is 0 Å². The molecule has 192 valence electrons. The Bertz CT molecular complexity index is 984. The van der Waals surface area contributed by atoms with Crippen molar-refractivity contribution in [2.24, 2.45) is 0 Å². The first-order valence-electron chi connectivity index (χ1n) is 12.3. The number of aromatic nitrogens is 2. The van der Waals surface area contributed by atoms with Crippen LogP contribution in [0.25, 0.3) is 0 Å². The summed E-state index contributed by atoms with van der Waals surface area (Å²) in [5.74, 6) is 1.13. The summed E-state index contributed by atoms with van der Waals surface area (Å²) in [6, 6.07) is 8.04. The molecule has 10 heteroatoms. The molecule has 0 amide bonds. The first-order chi connectivity index (χ1) is 16.9. The van der Waals surface area contributed by atoms with E-state index >= 15 is 0 Å². The van der Waals surface area contributed by atoms with Crippen LogP contribution >= 0.6 is 0 Å². The van der Waals surface area contributed by atoms with Crippen LogP contribution in [0.15, 0.2) is 24.3 Å². The average molecular weight is 491 g/mol. The average Bonchev–Trinajstić information content (AvgIpc) is 3.47. The van der Waals surface area contributed by atoms with Crippen molar-refractivity contribution >= 4 is 0 Å². The van der Waals surface area contributed by atoms with Gasteiger partial charge in [0.1, 0.15) is 30.2 Å². The van der Waals surface area contributed by atoms with Gasteiger partial charge in [-0.3, -0.25) is 4.68 Å². The van der Waals surface area contributed by atoms with Crippen molar-refractivity contribution < 1.29 is 39.4 Å². The zero-order valence-electron chi connectivity index (χ0n) is 19.8. The van der Waals surface area contributed by atoms with E-state index in [2.05, 4.69) is 5.10 Å². The van der Waals surface area contributed by atoms with E-state index in [1.807, 2.05) is 35.9 Å². The van der Waals surface area contributed by atoms with Gasteiger partial charge in [-0.1, -0.05) is 12.1 Å². The minimum absolute atomic E-state index is 0.0687. The summed E-state index contributed by atoms with van der Waals surface area (Å²) < 4.78 is 24.9. The lowest BCUT2D eigenvalue weighted by atomic mass is 9.96. The van der Waals surface area contributed by atoms with Crippen LogP contribution in [0.1, 0.15) is 48.5 Å². The fourth-order valence-electron chi connectivity index (χ4n) is 4.74. The predicted molar refractivity (Wildman–Crippen MR) is 123 cm³/mol. The van der Waals surface area contributed by atoms with E-state index in [9.17, 15) is 20.4 Å². The summed E-state index contributed by atoms with van der Waals surface area (Å²) in [6.07, 6.45) is -1.76. The predicted octanol–water partition coefficient (Wildman–Crippen LogP) is 0.854. The molecule has 1 aliphatic carbocycles. The van der Waals surface area contributed by atoms with Crippen LogP contribution in [0.4, 0.5) is 0 Å². The molecule has 35 heavy (non-hydrogen) atoms. The van der Waals surface area contributed by atoms with Gasteiger partial charge in [0.05, 0.1) is 25.4 Å². The lowest BCUT2D eigenvalue weighted by Crippen LogP contribution is -2.60. The van der Waals surface area contributed by atoms with Crippen LogP contribution in [0.5, 0.6) is 11.6 Å². The fraction of sp³-hybridized carbons (Fsp3) is 0.640. The Hall–Kier alpha value is -2.21. The summed E-state index contributed by atoms with van der Waals surface area (Å²) in [5, 5.41) is 44.9. The number of nitrogens with zero attached hydrogens (tertiary/aromatic N) is 2. The third kappa shape index (κ3) is 5.04. The van der Waals surface area contributed by atoms with E-state index in [1.54, 1.807) is 0 Å². The minimum Gasteiger partial charge on any atom is -0.490 e. The van der Waals surface area contributed by atoms with Gasteiger partial charge in [0, 0.05) is 24.3 Å². The normalized spacial score (nSPS) is 31.3. The molecule has 1 saturated carbocycles. The second-order valence-electron chi connectivity index (χ2n) is 9.64. The lowest BCUT2D eigenvalue weighted by Gasteiger charge is -2.39. The molecule has 4 N–H and O–H groups in total. The summed E-state index contributed by atoms with van der Waals surface area (Å²) in [6.45, 7) is 2.65. The largest absolute Gasteiger partial charge is 0.490 e. The molecule has 1 unspecified atom stereocenters. The molecule has 2 aliphatic heterocycles. The molecule has 3 aliphatic rings. The Morgan fingerprint density at radius 3 is 2.43 bits per heavy atom. The first-order valence-corrected chi connectivity index (χ1v) is 12.3. The minimum atomic E-state index is -1.52. The molecule has 2 aromatic rings. The Balaban J connectivity index is 1.39. The van der Waals surface area contributed by atoms with E-state index in [1.165, 1.54) is 6.42 Å². The number of ether oxygens (including phenoxy) is 4. The van der Waals surface area contributed by atoms with Crippen molar-refractivity contribution in [3.63, 3.8) is 0 Å². The van der Waals surface area contributed by atoms with E-state index < -0.39 is 37.3 Å². The third-order valence-electron chi connectivity index (χ3n) is 7.22. The van der Waals surface area contributed by atoms with Crippen molar-refractivity contribution in [1.82, 2.24) is 9.78 Å². The van der Waals surface area contributed by atoms with Crippen LogP contribution in [0.2, 0.25) is 0 Å². The Kier molecular flexibility index (Phi) is 7.29. The third-order valence-corrected chi connectivity index (χ3v) is 7.22. The van der Waals surface area contributed by atoms with Crippen LogP contribution in [-0.2, 0) is 15.9 Å². The highest BCUT2D eigenvalue weighted by Gasteiger charge is 2.45. The smallest absolute Gasteiger partial charge is 0.239 e. The zero-order valence-corrected chi connectivity index (χ0v) is 19.8. The van der Waals surface area contributed by atoms with Gasteiger partial charge in [-0.25, -0.2) is 0 Å². The Morgan fingerprint density at radius 1 is 1.03 bits per heavy atom. The van der Waals surface area contributed by atoms with E-state index in [0.29, 0.717) is 25.7 Å². The van der Waals surface area contributed by atoms with Crippen molar-refractivity contribution in [3.8, 4) is 11.6 Å². The first kappa shape index (κ1) is 24.5. The number of aliphatic hydroxyl groups excluding tert-OH is 4. The van der Waals surface area contributed by atoms with Gasteiger partial charge < -0.3 is 39.4 Å². The molecule has 10 nitrogen and oxygen atoms in total. The lowest BCUT2D eigenvalue weighted by molar-refractivity contribution is -0.278. The van der Waals surface area contributed by atoms with Gasteiger partial charge in [-0.05, 0) is 50.3 Å². The molecule has 6 atom stereocenters. The maximum atomic E-state index is 10.5. The zero-order chi connectivity index (χ0) is 24.5. The number of rotatable bonds is 8. The Labute approximate surface area is 204 Å². The Morgan fingerprint density at radius 2 is 1.80 bits per heavy atom. The molecular weight excluding hydrogens is 456 g/mol. The highest BCUT2D eigenvalue weighted by Crippen LogP contribution is 2.33. The van der Waals surface area contributed by atoms with Crippen LogP contribution in [0, 0.1) is 6.92 Å². The highest BCUT2D eigenvalue weighted by atomic mass is 16.7. The molecule has 3 heterocycles. The summed E-state index contributed by atoms with van der Waals surface area (Å²) in [4.78, 5) is 0. The van der Waals surface area contributed by atoms with E-state index in [-0.39, 0.29) is 11.9 Å². The summed E-state index contributed by atoms with van der Waals surface area (Å²) in [7, 11) is 0. The molecule has 0 bridgehead atoms. The maximum Gasteiger partial charge on any atom is 0.239 e. The second-order valence-corrected chi connectivity index (χ2v) is 9.64. The standard InChI is InChI=1S/C25H34N2O8/c1-14-19(11-15-5-7-18(8-6-15)33-17-3-2-4-17)24(26-27(14)16-9-10-32-13-16)35-25-23(31)22(30)21(29)20(12-28)34-25/h5-8,16-17,20-23,25,28-31H,2-4,9-13H2,1H3/t16?,20-,21-,22+,23-,25+/m1/s1. The van der Waals surface area contributed by atoms with E-state index in [0.717, 1.165) is 41.8 Å². The highest BCUT2D eigenvalue weighted by molar-refractivity contribution is 5.38. The summed E-state index contributed by atoms with van der Waals surface area (Å²) in [5.41, 5.74) is 2.77. The molecule has 5 rings (SSSR count). The van der Waals surface area contributed by atoms with Crippen LogP contribution in [-0.4, -0.2) is 86.8 Å². The van der Waals surface area contributed by atoms with Gasteiger partial charge in [0.2, 0.25) is 12.2 Å². The van der Waals surface area contributed by atoms with Gasteiger partial charge in [-0.2, -0.15) is 0 Å².